The van der Waals surface area contributed by atoms with Crippen LogP contribution in [-0.4, -0.2) is 62.0 Å². The zero-order valence-electron chi connectivity index (χ0n) is 20.1. The molecule has 3 aromatic rings. The first-order valence-corrected chi connectivity index (χ1v) is 12.2. The number of likely N-dealkylation sites (N-methyl/N-ethyl adjacent to an activating group) is 1. The molecular formula is C26H25N3O6S. The van der Waals surface area contributed by atoms with Crippen molar-refractivity contribution in [2.24, 2.45) is 5.10 Å². The summed E-state index contributed by atoms with van der Waals surface area (Å²) in [6.45, 7) is 0.0425. The molecule has 5 rings (SSSR count). The molecule has 3 heterocycles. The molecule has 186 valence electrons. The van der Waals surface area contributed by atoms with E-state index < -0.39 is 0 Å². The fourth-order valence-electron chi connectivity index (χ4n) is 4.26. The van der Waals surface area contributed by atoms with Gasteiger partial charge in [-0.2, -0.15) is 5.10 Å². The van der Waals surface area contributed by atoms with Crippen molar-refractivity contribution < 1.29 is 28.5 Å². The number of carbonyl (C=O) groups is 2. The van der Waals surface area contributed by atoms with E-state index in [0.29, 0.717) is 40.0 Å². The highest BCUT2D eigenvalue weighted by molar-refractivity contribution is 7.12. The van der Waals surface area contributed by atoms with Gasteiger partial charge in [-0.3, -0.25) is 9.59 Å². The van der Waals surface area contributed by atoms with Gasteiger partial charge in [-0.1, -0.05) is 12.1 Å². The van der Waals surface area contributed by atoms with E-state index in [-0.39, 0.29) is 31.2 Å². The second kappa shape index (κ2) is 9.90. The minimum atomic E-state index is -0.390. The standard InChI is InChI=1S/C26H25N3O6S/c1-28(26(31)24-5-4-10-36-24)14-25(30)29-20(16-6-9-21-23(11-16)35-15-34-21)13-19(27-29)18-8-7-17(32-2)12-22(18)33-3/h4-12,20H,13-15H2,1-3H3. The van der Waals surface area contributed by atoms with E-state index >= 15 is 0 Å². The van der Waals surface area contributed by atoms with Crippen LogP contribution in [0, 0.1) is 0 Å². The fraction of sp³-hybridized carbons (Fsp3) is 0.269. The number of hydrogen-bond acceptors (Lipinski definition) is 8. The van der Waals surface area contributed by atoms with Gasteiger partial charge in [-0.25, -0.2) is 5.01 Å². The molecule has 0 bridgehead atoms. The summed E-state index contributed by atoms with van der Waals surface area (Å²) in [4.78, 5) is 28.2. The van der Waals surface area contributed by atoms with Crippen LogP contribution >= 0.6 is 11.3 Å². The van der Waals surface area contributed by atoms with Crippen LogP contribution in [0.4, 0.5) is 0 Å². The molecule has 0 aliphatic carbocycles. The Labute approximate surface area is 212 Å². The third-order valence-corrected chi connectivity index (χ3v) is 6.98. The second-order valence-corrected chi connectivity index (χ2v) is 9.27. The van der Waals surface area contributed by atoms with Gasteiger partial charge < -0.3 is 23.8 Å². The molecule has 0 N–H and O–H groups in total. The van der Waals surface area contributed by atoms with Crippen LogP contribution in [-0.2, 0) is 4.79 Å². The van der Waals surface area contributed by atoms with E-state index in [4.69, 9.17) is 24.0 Å². The number of rotatable bonds is 7. The summed E-state index contributed by atoms with van der Waals surface area (Å²) in [5, 5.41) is 8.01. The number of benzene rings is 2. The van der Waals surface area contributed by atoms with Gasteiger partial charge in [0.05, 0.1) is 30.9 Å². The largest absolute Gasteiger partial charge is 0.497 e. The first-order chi connectivity index (χ1) is 17.5. The minimum absolute atomic E-state index is 0.117. The van der Waals surface area contributed by atoms with Crippen molar-refractivity contribution in [1.29, 1.82) is 0 Å². The molecule has 0 saturated heterocycles. The number of thiophene rings is 1. The Bertz CT molecular complexity index is 1320. The highest BCUT2D eigenvalue weighted by Gasteiger charge is 2.35. The molecule has 1 atom stereocenters. The average Bonchev–Trinajstić information content (AvgIpc) is 3.67. The molecule has 1 aromatic heterocycles. The van der Waals surface area contributed by atoms with Crippen molar-refractivity contribution in [3.8, 4) is 23.0 Å². The summed E-state index contributed by atoms with van der Waals surface area (Å²) < 4.78 is 21.9. The molecule has 2 amide bonds. The second-order valence-electron chi connectivity index (χ2n) is 8.32. The lowest BCUT2D eigenvalue weighted by atomic mass is 9.97. The molecular weight excluding hydrogens is 482 g/mol. The Morgan fingerprint density at radius 1 is 1.11 bits per heavy atom. The molecule has 0 spiro atoms. The third kappa shape index (κ3) is 4.47. The summed E-state index contributed by atoms with van der Waals surface area (Å²) >= 11 is 1.34. The van der Waals surface area contributed by atoms with Crippen LogP contribution in [0.15, 0.2) is 59.0 Å². The van der Waals surface area contributed by atoms with Gasteiger partial charge in [-0.15, -0.1) is 11.3 Å². The fourth-order valence-corrected chi connectivity index (χ4v) is 4.97. The Morgan fingerprint density at radius 3 is 2.69 bits per heavy atom. The van der Waals surface area contributed by atoms with Crippen LogP contribution < -0.4 is 18.9 Å². The molecule has 2 aliphatic heterocycles. The Morgan fingerprint density at radius 2 is 1.94 bits per heavy atom. The molecule has 9 nitrogen and oxygen atoms in total. The van der Waals surface area contributed by atoms with Gasteiger partial charge in [0, 0.05) is 25.1 Å². The zero-order valence-corrected chi connectivity index (χ0v) is 20.9. The maximum absolute atomic E-state index is 13.5. The van der Waals surface area contributed by atoms with Gasteiger partial charge >= 0.3 is 0 Å². The van der Waals surface area contributed by atoms with E-state index in [9.17, 15) is 9.59 Å². The van der Waals surface area contributed by atoms with E-state index in [1.165, 1.54) is 21.2 Å². The van der Waals surface area contributed by atoms with Crippen LogP contribution in [0.5, 0.6) is 23.0 Å². The van der Waals surface area contributed by atoms with Crippen LogP contribution in [0.1, 0.15) is 33.3 Å². The zero-order chi connectivity index (χ0) is 25.2. The number of nitrogens with zero attached hydrogens (tertiary/aromatic N) is 3. The van der Waals surface area contributed by atoms with E-state index in [0.717, 1.165) is 11.1 Å². The van der Waals surface area contributed by atoms with Crippen LogP contribution in [0.25, 0.3) is 0 Å². The monoisotopic (exact) mass is 507 g/mol. The summed E-state index contributed by atoms with van der Waals surface area (Å²) in [6.07, 6.45) is 0.455. The van der Waals surface area contributed by atoms with Crippen LogP contribution in [0.2, 0.25) is 0 Å². The van der Waals surface area contributed by atoms with Crippen molar-refractivity contribution in [1.82, 2.24) is 9.91 Å². The number of carbonyl (C=O) groups excluding carboxylic acids is 2. The third-order valence-electron chi connectivity index (χ3n) is 6.12. The quantitative estimate of drug-likeness (QED) is 0.481. The maximum Gasteiger partial charge on any atom is 0.264 e. The maximum atomic E-state index is 13.5. The van der Waals surface area contributed by atoms with Gasteiger partial charge in [0.25, 0.3) is 11.8 Å². The summed E-state index contributed by atoms with van der Waals surface area (Å²) in [5.41, 5.74) is 2.31. The van der Waals surface area contributed by atoms with E-state index in [1.807, 2.05) is 41.8 Å². The van der Waals surface area contributed by atoms with Gasteiger partial charge in [0.15, 0.2) is 11.5 Å². The van der Waals surface area contributed by atoms with Crippen molar-refractivity contribution >= 4 is 28.9 Å². The predicted octanol–water partition coefficient (Wildman–Crippen LogP) is 3.94. The Kier molecular flexibility index (Phi) is 6.51. The number of fused-ring (bicyclic) bond motifs is 1. The highest BCUT2D eigenvalue weighted by atomic mass is 32.1. The minimum Gasteiger partial charge on any atom is -0.497 e. The lowest BCUT2D eigenvalue weighted by molar-refractivity contribution is -0.133. The normalized spacial score (nSPS) is 16.0. The lowest BCUT2D eigenvalue weighted by Crippen LogP contribution is -2.39. The molecule has 0 fully saturated rings. The lowest BCUT2D eigenvalue weighted by Gasteiger charge is -2.25. The number of methoxy groups -OCH3 is 2. The van der Waals surface area contributed by atoms with Crippen molar-refractivity contribution in [3.05, 3.63) is 69.9 Å². The van der Waals surface area contributed by atoms with Gasteiger partial charge in [0.2, 0.25) is 6.79 Å². The predicted molar refractivity (Wildman–Crippen MR) is 134 cm³/mol. The molecule has 0 saturated carbocycles. The van der Waals surface area contributed by atoms with E-state index in [1.54, 1.807) is 33.4 Å². The smallest absolute Gasteiger partial charge is 0.264 e. The molecule has 0 radical (unpaired) electrons. The average molecular weight is 508 g/mol. The van der Waals surface area contributed by atoms with Crippen molar-refractivity contribution in [2.75, 3.05) is 34.6 Å². The van der Waals surface area contributed by atoms with Crippen LogP contribution in [0.3, 0.4) is 0 Å². The van der Waals surface area contributed by atoms with E-state index in [2.05, 4.69) is 0 Å². The Hall–Kier alpha value is -4.05. The van der Waals surface area contributed by atoms with Crippen molar-refractivity contribution in [3.63, 3.8) is 0 Å². The topological polar surface area (TPSA) is 89.9 Å². The van der Waals surface area contributed by atoms with Gasteiger partial charge in [0.1, 0.15) is 18.0 Å². The number of ether oxygens (including phenoxy) is 4. The number of hydrazone groups is 1. The molecule has 2 aliphatic rings. The SMILES string of the molecule is COc1ccc(C2=NN(C(=O)CN(C)C(=O)c3cccs3)C(c3ccc4c(c3)OCO4)C2)c(OC)c1. The highest BCUT2D eigenvalue weighted by Crippen LogP contribution is 2.40. The summed E-state index contributed by atoms with van der Waals surface area (Å²) in [6, 6.07) is 14.2. The first kappa shape index (κ1) is 23.7. The molecule has 2 aromatic carbocycles. The molecule has 36 heavy (non-hydrogen) atoms. The Balaban J connectivity index is 1.46. The van der Waals surface area contributed by atoms with Crippen molar-refractivity contribution in [2.45, 2.75) is 12.5 Å². The summed E-state index contributed by atoms with van der Waals surface area (Å²) in [7, 11) is 4.78. The van der Waals surface area contributed by atoms with Gasteiger partial charge in [-0.05, 0) is 41.3 Å². The first-order valence-electron chi connectivity index (χ1n) is 11.3. The number of hydrogen-bond donors (Lipinski definition) is 0. The molecule has 1 unspecified atom stereocenters. The summed E-state index contributed by atoms with van der Waals surface area (Å²) in [5.74, 6) is 2.03. The number of amides is 2. The molecule has 10 heteroatoms.